The number of ether oxygens (including phenoxy) is 1. The van der Waals surface area contributed by atoms with Gasteiger partial charge in [0.05, 0.1) is 77.2 Å². The molecule has 12 fully saturated rings. The van der Waals surface area contributed by atoms with Gasteiger partial charge in [0, 0.05) is 22.4 Å². The average Bonchev–Trinajstić information content (AvgIpc) is 1.52. The van der Waals surface area contributed by atoms with Crippen LogP contribution in [0.15, 0.2) is 253 Å². The van der Waals surface area contributed by atoms with Gasteiger partial charge in [-0.15, -0.1) is 0 Å². The number of methoxy groups -OCH3 is 1. The first-order valence-electron chi connectivity index (χ1n) is 39.6. The van der Waals surface area contributed by atoms with Gasteiger partial charge in [-0.05, 0) is 203 Å². The van der Waals surface area contributed by atoms with Crippen LogP contribution < -0.4 is 24.3 Å². The largest absolute Gasteiger partial charge is 0.495 e. The van der Waals surface area contributed by atoms with Crippen LogP contribution >= 0.6 is 0 Å². The predicted molar refractivity (Wildman–Crippen MR) is 414 cm³/mol. The predicted octanol–water partition coefficient (Wildman–Crippen LogP) is 16.7. The normalized spacial score (nSPS) is 35.5. The van der Waals surface area contributed by atoms with Crippen molar-refractivity contribution in [3.8, 4) is 39.1 Å². The van der Waals surface area contributed by atoms with E-state index < -0.39 is 0 Å². The maximum absolute atomic E-state index is 13.7. The summed E-state index contributed by atoms with van der Waals surface area (Å²) in [4.78, 5) is 112. The van der Waals surface area contributed by atoms with Gasteiger partial charge in [-0.1, -0.05) is 200 Å². The van der Waals surface area contributed by atoms with E-state index in [9.17, 15) is 38.4 Å². The molecule has 24 atom stereocenters. The summed E-state index contributed by atoms with van der Waals surface area (Å²) in [5, 5.41) is 1.89. The van der Waals surface area contributed by atoms with Crippen LogP contribution in [0.1, 0.15) is 38.5 Å². The van der Waals surface area contributed by atoms with Crippen LogP contribution in [0.2, 0.25) is 0 Å². The van der Waals surface area contributed by atoms with Crippen LogP contribution in [-0.4, -0.2) is 54.4 Å². The smallest absolute Gasteiger partial charge is 0.238 e. The van der Waals surface area contributed by atoms with E-state index in [0.717, 1.165) is 86.8 Å². The van der Waals surface area contributed by atoms with Crippen LogP contribution in [0, 0.1) is 142 Å². The molecular weight excluding hydrogens is 1360 g/mol. The highest BCUT2D eigenvalue weighted by Gasteiger charge is 2.73. The fourth-order valence-electron chi connectivity index (χ4n) is 25.5. The Morgan fingerprint density at radius 2 is 0.633 bits per heavy atom. The molecular formula is C95H80N4O10. The number of carbonyl (C=O) groups is 8. The third kappa shape index (κ3) is 9.38. The van der Waals surface area contributed by atoms with Gasteiger partial charge in [-0.3, -0.25) is 43.3 Å². The Morgan fingerprint density at radius 1 is 0.284 bits per heavy atom. The quantitative estimate of drug-likeness (QED) is 0.0810. The van der Waals surface area contributed by atoms with Crippen molar-refractivity contribution in [3.05, 3.63) is 249 Å². The van der Waals surface area contributed by atoms with Gasteiger partial charge in [0.25, 0.3) is 0 Å². The second kappa shape index (κ2) is 24.4. The molecule has 9 aromatic rings. The molecule has 5 heterocycles. The van der Waals surface area contributed by atoms with Crippen LogP contribution in [-0.2, 0) is 38.4 Å². The molecule has 4 aliphatic heterocycles. The van der Waals surface area contributed by atoms with Crippen molar-refractivity contribution >= 4 is 91.9 Å². The zero-order valence-electron chi connectivity index (χ0n) is 60.1. The van der Waals surface area contributed by atoms with Gasteiger partial charge < -0.3 is 9.15 Å². The standard InChI is InChI=1S/2C26H23NO2.C22H17NO4.C21H17NO2/c28-25-23-18-13-19(22-16-11-10-15(12-16)21(18)22)24(23)26(29)27(25)20-9-5-4-8-17(20)14-6-2-1-3-7-14;28-25-23-19-13-20(22-17-10-9-16(11-17)21(19)22)24(23)26(29)27(25)18-8-4-7-15(12-18)14-5-2-1-3-6-14;1-26-18-9-14-13-4-2-3-5-16(13)27-17(14)10-15(18)23-21(24)19-11-6-7-12(8-11)20(19)22(23)25;23-20-18-15-9-10-16(11-15)19(18)21(24)22(20)17-8-4-7-14(12-17)13-5-2-1-3-6-13/h1-11,15-16,18-19,21-24H,12-13H2;1-10,12,16-17,19-24H,11,13H2;2-7,9-12,19-20H,8H2,1H3;1-10,12,15-16,18-19H,11H2. The molecule has 4 saturated heterocycles. The van der Waals surface area contributed by atoms with Crippen LogP contribution in [0.5, 0.6) is 5.75 Å². The molecule has 0 spiro atoms. The lowest BCUT2D eigenvalue weighted by Gasteiger charge is -2.36. The Kier molecular flexibility index (Phi) is 14.6. The van der Waals surface area contributed by atoms with Gasteiger partial charge in [-0.25, -0.2) is 14.7 Å². The minimum Gasteiger partial charge on any atom is -0.495 e. The first kappa shape index (κ1) is 65.0. The topological polar surface area (TPSA) is 172 Å². The van der Waals surface area contributed by atoms with E-state index in [0.29, 0.717) is 93.7 Å². The first-order valence-corrected chi connectivity index (χ1v) is 39.6. The summed E-state index contributed by atoms with van der Waals surface area (Å²) in [5.74, 6) is 7.01. The van der Waals surface area contributed by atoms with Crippen molar-refractivity contribution in [2.45, 2.75) is 38.5 Å². The number of nitrogens with zero attached hydrogens (tertiary/aromatic N) is 4. The minimum atomic E-state index is -0.233. The maximum Gasteiger partial charge on any atom is 0.238 e. The molecule has 25 rings (SSSR count). The highest BCUT2D eigenvalue weighted by atomic mass is 16.5. The van der Waals surface area contributed by atoms with Gasteiger partial charge in [0.1, 0.15) is 16.9 Å². The van der Waals surface area contributed by atoms with Gasteiger partial charge in [-0.2, -0.15) is 0 Å². The molecule has 14 nitrogen and oxygen atoms in total. The van der Waals surface area contributed by atoms with Crippen LogP contribution in [0.3, 0.4) is 0 Å². The van der Waals surface area contributed by atoms with Crippen molar-refractivity contribution in [2.24, 2.45) is 142 Å². The number of amides is 8. The Hall–Kier alpha value is -11.1. The SMILES string of the molecule is COc1cc2c(cc1N1C(=O)C3C4C=CC(C4)C3C1=O)oc1ccccc12.O=C1C2C3C=CC(C3)C2C(=O)N1c1cccc(-c2ccccc2)c1.O=C1C2C3CC(C2C(=O)N1c1cccc(-c2ccccc2)c1)C1C2C=CC(C2)C31.O=C1C2C3CC(C2C(=O)N1c1ccccc1-c1ccccc1)C1C2C=CC(C2)C31. The van der Waals surface area contributed by atoms with E-state index in [4.69, 9.17) is 9.15 Å². The van der Waals surface area contributed by atoms with Crippen LogP contribution in [0.25, 0.3) is 55.3 Å². The number of carbonyl (C=O) groups excluding carboxylic acids is 8. The lowest BCUT2D eigenvalue weighted by atomic mass is 9.65. The first-order chi connectivity index (χ1) is 53.4. The fourth-order valence-corrected chi connectivity index (χ4v) is 25.5. The van der Waals surface area contributed by atoms with Gasteiger partial charge >= 0.3 is 0 Å². The molecule has 8 amide bonds. The number of hydrogen-bond donors (Lipinski definition) is 0. The van der Waals surface area contributed by atoms with E-state index in [1.165, 1.54) is 27.5 Å². The molecule has 0 N–H and O–H groups in total. The van der Waals surface area contributed by atoms with Crippen molar-refractivity contribution < 1.29 is 47.5 Å². The van der Waals surface area contributed by atoms with Crippen molar-refractivity contribution in [3.63, 3.8) is 0 Å². The minimum absolute atomic E-state index is 0.0212. The molecule has 8 saturated carbocycles. The molecule has 8 aromatic carbocycles. The number of rotatable bonds is 8. The lowest BCUT2D eigenvalue weighted by Crippen LogP contribution is -2.38. The summed E-state index contributed by atoms with van der Waals surface area (Å²) in [6, 6.07) is 65.1. The van der Waals surface area contributed by atoms with E-state index >= 15 is 0 Å². The number of imide groups is 4. The number of anilines is 4. The summed E-state index contributed by atoms with van der Waals surface area (Å²) in [6.07, 6.45) is 24.6. The fraction of sp³-hybridized carbons (Fsp3) is 0.326. The monoisotopic (exact) mass is 1440 g/mol. The molecule has 1 aromatic heterocycles. The summed E-state index contributed by atoms with van der Waals surface area (Å²) >= 11 is 0. The average molecular weight is 1440 g/mol. The summed E-state index contributed by atoms with van der Waals surface area (Å²) in [7, 11) is 1.56. The molecule has 12 aliphatic carbocycles. The third-order valence-corrected chi connectivity index (χ3v) is 29.4. The summed E-state index contributed by atoms with van der Waals surface area (Å²) in [6.45, 7) is 0. The lowest BCUT2D eigenvalue weighted by molar-refractivity contribution is -0.124. The number of para-hydroxylation sites is 2. The molecule has 24 unspecified atom stereocenters. The maximum atomic E-state index is 13.7. The number of allylic oxidation sites excluding steroid dienone is 8. The Morgan fingerprint density at radius 3 is 1.08 bits per heavy atom. The Labute approximate surface area is 631 Å². The zero-order chi connectivity index (χ0) is 73.1. The molecule has 12 bridgehead atoms. The molecule has 109 heavy (non-hydrogen) atoms. The van der Waals surface area contributed by atoms with Crippen molar-refractivity contribution in [1.82, 2.24) is 0 Å². The Bertz CT molecular complexity index is 5400. The number of fused-ring (bicyclic) bond motifs is 37. The van der Waals surface area contributed by atoms with E-state index in [1.807, 2.05) is 182 Å². The number of furan rings is 1. The van der Waals surface area contributed by atoms with Gasteiger partial charge in [0.2, 0.25) is 47.3 Å². The van der Waals surface area contributed by atoms with Crippen molar-refractivity contribution in [1.29, 1.82) is 0 Å². The van der Waals surface area contributed by atoms with Crippen LogP contribution in [0.4, 0.5) is 22.7 Å². The number of hydrogen-bond acceptors (Lipinski definition) is 10. The van der Waals surface area contributed by atoms with Crippen molar-refractivity contribution in [2.75, 3.05) is 26.7 Å². The van der Waals surface area contributed by atoms with E-state index in [2.05, 4.69) is 60.7 Å². The molecule has 14 heteroatoms. The second-order valence-electron chi connectivity index (χ2n) is 33.8. The summed E-state index contributed by atoms with van der Waals surface area (Å²) < 4.78 is 11.5. The second-order valence-corrected chi connectivity index (χ2v) is 33.8. The highest BCUT2D eigenvalue weighted by molar-refractivity contribution is 6.27. The molecule has 16 aliphatic rings. The Balaban J connectivity index is 0.0000000901. The zero-order valence-corrected chi connectivity index (χ0v) is 60.1. The molecule has 540 valence electrons. The third-order valence-electron chi connectivity index (χ3n) is 29.4. The van der Waals surface area contributed by atoms with E-state index in [1.54, 1.807) is 18.1 Å². The summed E-state index contributed by atoms with van der Waals surface area (Å²) in [5.41, 5.74) is 10.3. The molecule has 0 radical (unpaired) electrons. The number of benzene rings is 8. The highest BCUT2D eigenvalue weighted by Crippen LogP contribution is 2.72. The van der Waals surface area contributed by atoms with E-state index in [-0.39, 0.29) is 118 Å². The van der Waals surface area contributed by atoms with Gasteiger partial charge in [0.15, 0.2) is 0 Å².